The smallest absolute Gasteiger partial charge is 0.265 e. The number of anilines is 1. The van der Waals surface area contributed by atoms with E-state index < -0.39 is 11.5 Å². The zero-order valence-electron chi connectivity index (χ0n) is 15.3. The molecule has 0 saturated carbocycles. The van der Waals surface area contributed by atoms with Crippen LogP contribution in [0.2, 0.25) is 0 Å². The number of amides is 2. The molecule has 7 nitrogen and oxygen atoms in total. The molecule has 3 aromatic rings. The first kappa shape index (κ1) is 17.8. The van der Waals surface area contributed by atoms with Crippen molar-refractivity contribution in [3.05, 3.63) is 70.0 Å². The fourth-order valence-electron chi connectivity index (χ4n) is 3.45. The van der Waals surface area contributed by atoms with Crippen LogP contribution in [-0.2, 0) is 4.79 Å². The molecule has 1 aliphatic heterocycles. The van der Waals surface area contributed by atoms with Crippen molar-refractivity contribution >= 4 is 28.4 Å². The number of aromatic amines is 1. The van der Waals surface area contributed by atoms with Crippen molar-refractivity contribution in [3.63, 3.8) is 0 Å². The summed E-state index contributed by atoms with van der Waals surface area (Å²) in [7, 11) is 0. The van der Waals surface area contributed by atoms with Gasteiger partial charge in [-0.25, -0.2) is 0 Å². The highest BCUT2D eigenvalue weighted by molar-refractivity contribution is 6.00. The molecule has 0 saturated heterocycles. The highest BCUT2D eigenvalue weighted by atomic mass is 16.5. The minimum absolute atomic E-state index is 0.0333. The Morgan fingerprint density at radius 1 is 1.14 bits per heavy atom. The molecule has 4 rings (SSSR count). The molecular weight excluding hydrogens is 358 g/mol. The number of nitrogens with one attached hydrogen (secondary N) is 2. The number of hydrogen-bond donors (Lipinski definition) is 2. The molecule has 28 heavy (non-hydrogen) atoms. The van der Waals surface area contributed by atoms with E-state index in [1.165, 1.54) is 0 Å². The number of para-hydroxylation sites is 3. The molecular formula is C21H19N3O4. The predicted octanol–water partition coefficient (Wildman–Crippen LogP) is 1.99. The van der Waals surface area contributed by atoms with Gasteiger partial charge in [0.2, 0.25) is 0 Å². The van der Waals surface area contributed by atoms with Crippen LogP contribution in [0.15, 0.2) is 53.3 Å². The van der Waals surface area contributed by atoms with Crippen molar-refractivity contribution in [2.24, 2.45) is 0 Å². The quantitative estimate of drug-likeness (QED) is 0.727. The Morgan fingerprint density at radius 3 is 2.75 bits per heavy atom. The minimum atomic E-state index is -0.460. The summed E-state index contributed by atoms with van der Waals surface area (Å²) in [5.74, 6) is 0.00132. The normalized spacial score (nSPS) is 13.2. The lowest BCUT2D eigenvalue weighted by atomic mass is 10.0. The van der Waals surface area contributed by atoms with Crippen molar-refractivity contribution in [1.82, 2.24) is 10.3 Å². The van der Waals surface area contributed by atoms with E-state index in [9.17, 15) is 14.4 Å². The van der Waals surface area contributed by atoms with Gasteiger partial charge in [-0.05, 0) is 30.7 Å². The lowest BCUT2D eigenvalue weighted by Crippen LogP contribution is -2.44. The number of hydrogen-bond acceptors (Lipinski definition) is 4. The van der Waals surface area contributed by atoms with Crippen LogP contribution < -0.4 is 20.5 Å². The van der Waals surface area contributed by atoms with Gasteiger partial charge in [-0.1, -0.05) is 30.3 Å². The van der Waals surface area contributed by atoms with Crippen molar-refractivity contribution < 1.29 is 14.3 Å². The van der Waals surface area contributed by atoms with Crippen molar-refractivity contribution in [2.75, 3.05) is 24.6 Å². The molecule has 0 radical (unpaired) electrons. The largest absolute Gasteiger partial charge is 0.482 e. The van der Waals surface area contributed by atoms with Gasteiger partial charge in [0.05, 0.1) is 5.69 Å². The average molecular weight is 377 g/mol. The van der Waals surface area contributed by atoms with E-state index >= 15 is 0 Å². The van der Waals surface area contributed by atoms with Gasteiger partial charge in [-0.15, -0.1) is 0 Å². The summed E-state index contributed by atoms with van der Waals surface area (Å²) in [6.07, 6.45) is 0. The highest BCUT2D eigenvalue weighted by Gasteiger charge is 2.25. The zero-order chi connectivity index (χ0) is 19.7. The van der Waals surface area contributed by atoms with Gasteiger partial charge in [0, 0.05) is 24.0 Å². The SMILES string of the molecule is Cc1c(C(=O)NCCN2C(=O)COc3ccccc32)c(=O)[nH]c2ccccc12. The monoisotopic (exact) mass is 377 g/mol. The van der Waals surface area contributed by atoms with E-state index in [1.807, 2.05) is 30.3 Å². The molecule has 2 heterocycles. The molecule has 0 aliphatic carbocycles. The molecule has 0 atom stereocenters. The van der Waals surface area contributed by atoms with E-state index in [2.05, 4.69) is 10.3 Å². The molecule has 0 spiro atoms. The Morgan fingerprint density at radius 2 is 1.89 bits per heavy atom. The number of H-pyrrole nitrogens is 1. The summed E-state index contributed by atoms with van der Waals surface area (Å²) in [6, 6.07) is 14.6. The van der Waals surface area contributed by atoms with Crippen molar-refractivity contribution in [3.8, 4) is 5.75 Å². The van der Waals surface area contributed by atoms with E-state index in [-0.39, 0.29) is 31.2 Å². The molecule has 2 N–H and O–H groups in total. The number of carbonyl (C=O) groups excluding carboxylic acids is 2. The number of nitrogens with zero attached hydrogens (tertiary/aromatic N) is 1. The third-order valence-electron chi connectivity index (χ3n) is 4.84. The maximum absolute atomic E-state index is 12.6. The first-order valence-corrected chi connectivity index (χ1v) is 8.98. The Balaban J connectivity index is 1.51. The predicted molar refractivity (Wildman–Crippen MR) is 106 cm³/mol. The van der Waals surface area contributed by atoms with Gasteiger partial charge < -0.3 is 19.9 Å². The number of carbonyl (C=O) groups is 2. The first-order valence-electron chi connectivity index (χ1n) is 8.98. The third kappa shape index (κ3) is 3.11. The number of pyridine rings is 1. The van der Waals surface area contributed by atoms with Gasteiger partial charge in [-0.3, -0.25) is 14.4 Å². The lowest BCUT2D eigenvalue weighted by Gasteiger charge is -2.29. The van der Waals surface area contributed by atoms with Crippen molar-refractivity contribution in [2.45, 2.75) is 6.92 Å². The van der Waals surface area contributed by atoms with E-state index in [4.69, 9.17) is 4.74 Å². The van der Waals surface area contributed by atoms with Crippen LogP contribution in [0.25, 0.3) is 10.9 Å². The molecule has 1 aliphatic rings. The summed E-state index contributed by atoms with van der Waals surface area (Å²) >= 11 is 0. The van der Waals surface area contributed by atoms with Crippen LogP contribution in [0.5, 0.6) is 5.75 Å². The van der Waals surface area contributed by atoms with Crippen molar-refractivity contribution in [1.29, 1.82) is 0 Å². The highest BCUT2D eigenvalue weighted by Crippen LogP contribution is 2.31. The van der Waals surface area contributed by atoms with Crippen LogP contribution in [0.1, 0.15) is 15.9 Å². The third-order valence-corrected chi connectivity index (χ3v) is 4.84. The van der Waals surface area contributed by atoms with Gasteiger partial charge >= 0.3 is 0 Å². The van der Waals surface area contributed by atoms with Gasteiger partial charge in [-0.2, -0.15) is 0 Å². The molecule has 7 heteroatoms. The number of aromatic nitrogens is 1. The number of ether oxygens (including phenoxy) is 1. The molecule has 142 valence electrons. The molecule has 1 aromatic heterocycles. The molecule has 2 amide bonds. The molecule has 0 unspecified atom stereocenters. The van der Waals surface area contributed by atoms with E-state index in [1.54, 1.807) is 30.0 Å². The number of fused-ring (bicyclic) bond motifs is 2. The lowest BCUT2D eigenvalue weighted by molar-refractivity contribution is -0.121. The van der Waals surface area contributed by atoms with Gasteiger partial charge in [0.15, 0.2) is 6.61 Å². The summed E-state index contributed by atoms with van der Waals surface area (Å²) in [5, 5.41) is 3.57. The Hall–Kier alpha value is -3.61. The summed E-state index contributed by atoms with van der Waals surface area (Å²) in [6.45, 7) is 2.22. The number of benzene rings is 2. The van der Waals surface area contributed by atoms with Crippen LogP contribution in [-0.4, -0.2) is 36.5 Å². The van der Waals surface area contributed by atoms with Gasteiger partial charge in [0.1, 0.15) is 11.3 Å². The summed E-state index contributed by atoms with van der Waals surface area (Å²) in [5.41, 5.74) is 1.66. The van der Waals surface area contributed by atoms with E-state index in [0.717, 1.165) is 5.39 Å². The summed E-state index contributed by atoms with van der Waals surface area (Å²) < 4.78 is 5.41. The zero-order valence-corrected chi connectivity index (χ0v) is 15.3. The molecule has 0 fully saturated rings. The fraction of sp³-hybridized carbons (Fsp3) is 0.190. The fourth-order valence-corrected chi connectivity index (χ4v) is 3.45. The molecule has 0 bridgehead atoms. The molecule has 2 aromatic carbocycles. The van der Waals surface area contributed by atoms with Crippen LogP contribution in [0.3, 0.4) is 0 Å². The van der Waals surface area contributed by atoms with Crippen LogP contribution in [0.4, 0.5) is 5.69 Å². The first-order chi connectivity index (χ1) is 13.6. The second-order valence-corrected chi connectivity index (χ2v) is 6.56. The number of aryl methyl sites for hydroxylation is 1. The number of rotatable bonds is 4. The minimum Gasteiger partial charge on any atom is -0.482 e. The van der Waals surface area contributed by atoms with Crippen LogP contribution >= 0.6 is 0 Å². The topological polar surface area (TPSA) is 91.5 Å². The van der Waals surface area contributed by atoms with Gasteiger partial charge in [0.25, 0.3) is 17.4 Å². The standard InChI is InChI=1S/C21H19N3O4/c1-13-14-6-2-3-7-15(14)23-21(27)19(13)20(26)22-10-11-24-16-8-4-5-9-17(16)28-12-18(24)25/h2-9H,10-12H2,1H3,(H,22,26)(H,23,27). The maximum atomic E-state index is 12.6. The summed E-state index contributed by atoms with van der Waals surface area (Å²) in [4.78, 5) is 41.5. The second-order valence-electron chi connectivity index (χ2n) is 6.56. The van der Waals surface area contributed by atoms with E-state index in [0.29, 0.717) is 22.5 Å². The Labute approximate surface area is 160 Å². The maximum Gasteiger partial charge on any atom is 0.265 e. The average Bonchev–Trinajstić information content (AvgIpc) is 2.69. The Kier molecular flexibility index (Phi) is 4.57. The second kappa shape index (κ2) is 7.19. The van der Waals surface area contributed by atoms with Crippen LogP contribution in [0, 0.1) is 6.92 Å². The Bertz CT molecular complexity index is 1140.